The van der Waals surface area contributed by atoms with Crippen LogP contribution in [-0.2, 0) is 6.54 Å². The summed E-state index contributed by atoms with van der Waals surface area (Å²) in [5.41, 5.74) is 4.44. The van der Waals surface area contributed by atoms with Gasteiger partial charge < -0.3 is 14.7 Å². The molecule has 2 aromatic carbocycles. The first kappa shape index (κ1) is 17.5. The number of amides is 1. The molecule has 25 heavy (non-hydrogen) atoms. The molecule has 0 bridgehead atoms. The lowest BCUT2D eigenvalue weighted by Gasteiger charge is -2.36. The first-order valence-corrected chi connectivity index (χ1v) is 8.88. The molecule has 0 aliphatic carbocycles. The Kier molecular flexibility index (Phi) is 5.39. The van der Waals surface area contributed by atoms with Crippen molar-refractivity contribution >= 4 is 11.6 Å². The van der Waals surface area contributed by atoms with E-state index in [0.29, 0.717) is 0 Å². The largest absolute Gasteiger partial charge is 0.368 e. The summed E-state index contributed by atoms with van der Waals surface area (Å²) in [6.07, 6.45) is 0. The van der Waals surface area contributed by atoms with Crippen molar-refractivity contribution in [2.24, 2.45) is 0 Å². The maximum Gasteiger partial charge on any atom is 0.254 e. The molecule has 0 saturated carbocycles. The molecule has 2 aromatic rings. The molecular formula is C21H27N3O. The molecule has 1 amide bonds. The van der Waals surface area contributed by atoms with Crippen LogP contribution in [0.1, 0.15) is 21.5 Å². The zero-order chi connectivity index (χ0) is 17.8. The smallest absolute Gasteiger partial charge is 0.254 e. The fourth-order valence-electron chi connectivity index (χ4n) is 3.37. The molecule has 4 nitrogen and oxygen atoms in total. The molecule has 1 heterocycles. The van der Waals surface area contributed by atoms with E-state index in [0.717, 1.165) is 43.9 Å². The van der Waals surface area contributed by atoms with Crippen LogP contribution < -0.4 is 4.90 Å². The van der Waals surface area contributed by atoms with E-state index in [4.69, 9.17) is 0 Å². The molecule has 0 aromatic heterocycles. The topological polar surface area (TPSA) is 26.8 Å². The van der Waals surface area contributed by atoms with Gasteiger partial charge in [0.05, 0.1) is 0 Å². The molecular weight excluding hydrogens is 310 g/mol. The second kappa shape index (κ2) is 7.70. The van der Waals surface area contributed by atoms with Crippen molar-refractivity contribution in [3.63, 3.8) is 0 Å². The first-order valence-electron chi connectivity index (χ1n) is 8.88. The van der Waals surface area contributed by atoms with Crippen LogP contribution in [0.3, 0.4) is 0 Å². The van der Waals surface area contributed by atoms with Gasteiger partial charge >= 0.3 is 0 Å². The maximum atomic E-state index is 12.7. The maximum absolute atomic E-state index is 12.7. The molecule has 1 aliphatic rings. The van der Waals surface area contributed by atoms with Gasteiger partial charge in [0.25, 0.3) is 5.91 Å². The van der Waals surface area contributed by atoms with Gasteiger partial charge in [0, 0.05) is 44.0 Å². The summed E-state index contributed by atoms with van der Waals surface area (Å²) in [5.74, 6) is 0.152. The highest BCUT2D eigenvalue weighted by Crippen LogP contribution is 2.20. The Bertz CT molecular complexity index is 733. The summed E-state index contributed by atoms with van der Waals surface area (Å²) >= 11 is 0. The van der Waals surface area contributed by atoms with Crippen LogP contribution in [0.2, 0.25) is 0 Å². The lowest BCUT2D eigenvalue weighted by atomic mass is 10.1. The van der Waals surface area contributed by atoms with Gasteiger partial charge in [0.15, 0.2) is 0 Å². The molecule has 1 saturated heterocycles. The monoisotopic (exact) mass is 337 g/mol. The van der Waals surface area contributed by atoms with E-state index < -0.39 is 0 Å². The zero-order valence-electron chi connectivity index (χ0n) is 15.4. The van der Waals surface area contributed by atoms with Gasteiger partial charge in [-0.25, -0.2) is 0 Å². The number of rotatable bonds is 4. The Labute approximate surface area is 150 Å². The summed E-state index contributed by atoms with van der Waals surface area (Å²) < 4.78 is 0. The van der Waals surface area contributed by atoms with E-state index in [1.54, 1.807) is 0 Å². The molecule has 4 heteroatoms. The highest BCUT2D eigenvalue weighted by Gasteiger charge is 2.23. The van der Waals surface area contributed by atoms with Crippen molar-refractivity contribution in [2.45, 2.75) is 13.5 Å². The number of carbonyl (C=O) groups excluding carboxylic acids is 1. The predicted octanol–water partition coefficient (Wildman–Crippen LogP) is 3.02. The third-order valence-electron chi connectivity index (χ3n) is 4.72. The summed E-state index contributed by atoms with van der Waals surface area (Å²) in [5, 5.41) is 0. The molecule has 0 spiro atoms. The van der Waals surface area contributed by atoms with Gasteiger partial charge in [-0.1, -0.05) is 30.3 Å². The summed E-state index contributed by atoms with van der Waals surface area (Å²) in [6.45, 7) is 6.24. The van der Waals surface area contributed by atoms with Crippen LogP contribution >= 0.6 is 0 Å². The van der Waals surface area contributed by atoms with E-state index in [2.05, 4.69) is 48.2 Å². The Hall–Kier alpha value is -2.33. The minimum atomic E-state index is 0.152. The molecule has 1 aliphatic heterocycles. The van der Waals surface area contributed by atoms with Gasteiger partial charge in [-0.15, -0.1) is 0 Å². The van der Waals surface area contributed by atoms with E-state index >= 15 is 0 Å². The van der Waals surface area contributed by atoms with Gasteiger partial charge in [-0.05, 0) is 50.3 Å². The Morgan fingerprint density at radius 2 is 1.72 bits per heavy atom. The average Bonchev–Trinajstić information content (AvgIpc) is 2.61. The lowest BCUT2D eigenvalue weighted by Crippen LogP contribution is -2.49. The fourth-order valence-corrected chi connectivity index (χ4v) is 3.37. The highest BCUT2D eigenvalue weighted by atomic mass is 16.2. The Morgan fingerprint density at radius 1 is 1.00 bits per heavy atom. The number of nitrogens with zero attached hydrogens (tertiary/aromatic N) is 3. The second-order valence-corrected chi connectivity index (χ2v) is 7.00. The fraction of sp³-hybridized carbons (Fsp3) is 0.381. The molecule has 1 fully saturated rings. The van der Waals surface area contributed by atoms with E-state index in [1.165, 1.54) is 11.3 Å². The van der Waals surface area contributed by atoms with Gasteiger partial charge in [0.2, 0.25) is 0 Å². The first-order chi connectivity index (χ1) is 12.0. The minimum absolute atomic E-state index is 0.152. The van der Waals surface area contributed by atoms with Crippen LogP contribution in [0.15, 0.2) is 48.5 Å². The lowest BCUT2D eigenvalue weighted by molar-refractivity contribution is 0.0746. The molecule has 132 valence electrons. The predicted molar refractivity (Wildman–Crippen MR) is 103 cm³/mol. The normalized spacial score (nSPS) is 14.9. The van der Waals surface area contributed by atoms with Gasteiger partial charge in [-0.2, -0.15) is 0 Å². The van der Waals surface area contributed by atoms with Gasteiger partial charge in [-0.3, -0.25) is 4.79 Å². The van der Waals surface area contributed by atoms with Crippen molar-refractivity contribution < 1.29 is 4.79 Å². The summed E-state index contributed by atoms with van der Waals surface area (Å²) in [4.78, 5) is 19.3. The van der Waals surface area contributed by atoms with E-state index in [-0.39, 0.29) is 5.91 Å². The third kappa shape index (κ3) is 4.20. The van der Waals surface area contributed by atoms with Crippen LogP contribution in [0.4, 0.5) is 5.69 Å². The van der Waals surface area contributed by atoms with Crippen LogP contribution in [0, 0.1) is 6.92 Å². The Morgan fingerprint density at radius 3 is 2.40 bits per heavy atom. The standard InChI is InChI=1S/C21H27N3O/c1-17-7-4-5-10-20(17)21(25)24-13-11-23(12-14-24)19-9-6-8-18(15-19)16-22(2)3/h4-10,15H,11-14,16H2,1-3H3. The van der Waals surface area contributed by atoms with Gasteiger partial charge in [0.1, 0.15) is 0 Å². The van der Waals surface area contributed by atoms with E-state index in [9.17, 15) is 4.79 Å². The quantitative estimate of drug-likeness (QED) is 0.858. The van der Waals surface area contributed by atoms with Crippen LogP contribution in [0.25, 0.3) is 0 Å². The molecule has 0 radical (unpaired) electrons. The van der Waals surface area contributed by atoms with Crippen molar-refractivity contribution in [1.82, 2.24) is 9.80 Å². The molecule has 0 N–H and O–H groups in total. The van der Waals surface area contributed by atoms with Crippen molar-refractivity contribution in [3.05, 3.63) is 65.2 Å². The van der Waals surface area contributed by atoms with Crippen molar-refractivity contribution in [1.29, 1.82) is 0 Å². The number of aryl methyl sites for hydroxylation is 1. The number of hydrogen-bond donors (Lipinski definition) is 0. The molecule has 3 rings (SSSR count). The SMILES string of the molecule is Cc1ccccc1C(=O)N1CCN(c2cccc(CN(C)C)c2)CC1. The highest BCUT2D eigenvalue weighted by molar-refractivity contribution is 5.95. The molecule has 0 atom stereocenters. The number of carbonyl (C=O) groups is 1. The zero-order valence-corrected chi connectivity index (χ0v) is 15.4. The third-order valence-corrected chi connectivity index (χ3v) is 4.72. The Balaban J connectivity index is 1.64. The summed E-state index contributed by atoms with van der Waals surface area (Å²) in [6, 6.07) is 16.6. The number of anilines is 1. The van der Waals surface area contributed by atoms with Crippen molar-refractivity contribution in [3.8, 4) is 0 Å². The molecule has 0 unspecified atom stereocenters. The number of hydrogen-bond acceptors (Lipinski definition) is 3. The second-order valence-electron chi connectivity index (χ2n) is 7.00. The minimum Gasteiger partial charge on any atom is -0.368 e. The van der Waals surface area contributed by atoms with E-state index in [1.807, 2.05) is 36.1 Å². The van der Waals surface area contributed by atoms with Crippen LogP contribution in [0.5, 0.6) is 0 Å². The number of benzene rings is 2. The van der Waals surface area contributed by atoms with Crippen molar-refractivity contribution in [2.75, 3.05) is 45.2 Å². The average molecular weight is 337 g/mol. The number of piperazine rings is 1. The summed E-state index contributed by atoms with van der Waals surface area (Å²) in [7, 11) is 4.17. The van der Waals surface area contributed by atoms with Crippen LogP contribution in [-0.4, -0.2) is 56.0 Å².